The van der Waals surface area contributed by atoms with Crippen LogP contribution < -0.4 is 5.84 Å². The topological polar surface area (TPSA) is 86.9 Å². The first kappa shape index (κ1) is 10.8. The number of fused-ring (bicyclic) bond motifs is 1. The summed E-state index contributed by atoms with van der Waals surface area (Å²) in [4.78, 5) is 11.2. The number of nitrogens with zero attached hydrogens (tertiary/aromatic N) is 3. The number of nitrogen functional groups attached to an aromatic ring is 1. The number of rotatable bonds is 2. The third kappa shape index (κ3) is 1.39. The van der Waals surface area contributed by atoms with Crippen LogP contribution >= 0.6 is 11.6 Å². The molecule has 2 heterocycles. The molecule has 90 valence electrons. The van der Waals surface area contributed by atoms with Gasteiger partial charge in [0, 0.05) is 10.4 Å². The lowest BCUT2D eigenvalue weighted by Crippen LogP contribution is -2.10. The molecule has 2 N–H and O–H groups in total. The first-order valence-corrected chi connectivity index (χ1v) is 5.41. The van der Waals surface area contributed by atoms with E-state index in [2.05, 4.69) is 10.2 Å². The van der Waals surface area contributed by atoms with E-state index in [1.165, 1.54) is 11.1 Å². The zero-order valence-corrected chi connectivity index (χ0v) is 9.76. The van der Waals surface area contributed by atoms with E-state index in [9.17, 15) is 4.79 Å². The molecular weight excluding hydrogens is 256 g/mol. The first-order chi connectivity index (χ1) is 8.72. The summed E-state index contributed by atoms with van der Waals surface area (Å²) in [5.74, 6) is 6.13. The molecule has 0 amide bonds. The Bertz CT molecular complexity index is 733. The van der Waals surface area contributed by atoms with Crippen molar-refractivity contribution in [1.82, 2.24) is 14.9 Å². The Labute approximate surface area is 106 Å². The molecule has 0 bridgehead atoms. The normalized spacial score (nSPS) is 10.9. The second-order valence-corrected chi connectivity index (χ2v) is 4.09. The van der Waals surface area contributed by atoms with Crippen molar-refractivity contribution in [3.63, 3.8) is 0 Å². The lowest BCUT2D eigenvalue weighted by atomic mass is 10.1. The molecule has 0 unspecified atom stereocenters. The first-order valence-electron chi connectivity index (χ1n) is 5.03. The van der Waals surface area contributed by atoms with Gasteiger partial charge in [-0.1, -0.05) is 17.7 Å². The molecule has 0 radical (unpaired) electrons. The molecule has 18 heavy (non-hydrogen) atoms. The molecule has 0 atom stereocenters. The van der Waals surface area contributed by atoms with Crippen LogP contribution in [0.5, 0.6) is 0 Å². The molecule has 0 saturated heterocycles. The summed E-state index contributed by atoms with van der Waals surface area (Å²) in [5.41, 5.74) is 1.39. The molecule has 0 aliphatic rings. The minimum absolute atomic E-state index is 0.187. The Kier molecular flexibility index (Phi) is 2.31. The van der Waals surface area contributed by atoms with Gasteiger partial charge in [-0.3, -0.25) is 9.47 Å². The van der Waals surface area contributed by atoms with Gasteiger partial charge >= 0.3 is 0 Å². The molecule has 2 aromatic heterocycles. The van der Waals surface area contributed by atoms with Gasteiger partial charge in [0.15, 0.2) is 6.29 Å². The number of carbonyl (C=O) groups is 1. The van der Waals surface area contributed by atoms with Gasteiger partial charge in [0.05, 0.1) is 11.1 Å². The largest absolute Gasteiger partial charge is 0.422 e. The average molecular weight is 263 g/mol. The number of benzene rings is 1. The molecule has 0 saturated carbocycles. The zero-order valence-electron chi connectivity index (χ0n) is 9.00. The minimum Gasteiger partial charge on any atom is -0.422 e. The third-order valence-electron chi connectivity index (χ3n) is 2.69. The molecule has 3 aromatic rings. The van der Waals surface area contributed by atoms with Crippen molar-refractivity contribution in [3.8, 4) is 11.6 Å². The molecule has 6 nitrogen and oxygen atoms in total. The quantitative estimate of drug-likeness (QED) is 0.563. The number of aldehydes is 1. The van der Waals surface area contributed by atoms with Crippen molar-refractivity contribution in [1.29, 1.82) is 0 Å². The number of halogens is 1. The van der Waals surface area contributed by atoms with Crippen molar-refractivity contribution < 1.29 is 9.21 Å². The predicted octanol–water partition coefficient (Wildman–Crippen LogP) is 1.87. The highest BCUT2D eigenvalue weighted by Gasteiger charge is 2.20. The van der Waals surface area contributed by atoms with Crippen molar-refractivity contribution >= 4 is 28.8 Å². The van der Waals surface area contributed by atoms with E-state index >= 15 is 0 Å². The van der Waals surface area contributed by atoms with Gasteiger partial charge in [-0.2, -0.15) is 0 Å². The average Bonchev–Trinajstić information content (AvgIpc) is 2.96. The van der Waals surface area contributed by atoms with E-state index in [4.69, 9.17) is 21.9 Å². The second kappa shape index (κ2) is 3.85. The Morgan fingerprint density at radius 3 is 2.94 bits per heavy atom. The highest BCUT2D eigenvalue weighted by atomic mass is 35.5. The van der Waals surface area contributed by atoms with E-state index in [0.717, 1.165) is 0 Å². The van der Waals surface area contributed by atoms with Crippen LogP contribution in [0.3, 0.4) is 0 Å². The van der Waals surface area contributed by atoms with Crippen LogP contribution in [-0.4, -0.2) is 21.2 Å². The number of hydrogen-bond donors (Lipinski definition) is 1. The van der Waals surface area contributed by atoms with Crippen LogP contribution in [0.1, 0.15) is 10.4 Å². The van der Waals surface area contributed by atoms with E-state index in [0.29, 0.717) is 33.5 Å². The summed E-state index contributed by atoms with van der Waals surface area (Å²) in [6, 6.07) is 5.09. The maximum absolute atomic E-state index is 11.2. The monoisotopic (exact) mass is 262 g/mol. The van der Waals surface area contributed by atoms with Gasteiger partial charge < -0.3 is 10.3 Å². The number of aromatic nitrogens is 3. The van der Waals surface area contributed by atoms with Gasteiger partial charge in [-0.25, -0.2) is 0 Å². The van der Waals surface area contributed by atoms with Gasteiger partial charge in [-0.05, 0) is 12.1 Å². The zero-order chi connectivity index (χ0) is 12.7. The fourth-order valence-electron chi connectivity index (χ4n) is 1.92. The SMILES string of the molecule is Nn1c(-c2nnco2)c(C=O)c2ccc(Cl)cc21. The van der Waals surface area contributed by atoms with Crippen LogP contribution in [0.4, 0.5) is 0 Å². The predicted molar refractivity (Wildman–Crippen MR) is 65.8 cm³/mol. The number of nitrogens with two attached hydrogens (primary N) is 1. The summed E-state index contributed by atoms with van der Waals surface area (Å²) in [6.07, 6.45) is 1.88. The van der Waals surface area contributed by atoms with Crippen molar-refractivity contribution in [2.24, 2.45) is 0 Å². The van der Waals surface area contributed by atoms with Crippen LogP contribution in [0.15, 0.2) is 29.0 Å². The summed E-state index contributed by atoms with van der Waals surface area (Å²) < 4.78 is 6.41. The molecule has 0 aliphatic carbocycles. The summed E-state index contributed by atoms with van der Waals surface area (Å²) in [5, 5.41) is 8.55. The maximum Gasteiger partial charge on any atom is 0.266 e. The highest BCUT2D eigenvalue weighted by molar-refractivity contribution is 6.31. The Balaban J connectivity index is 2.44. The summed E-state index contributed by atoms with van der Waals surface area (Å²) in [6.45, 7) is 0. The molecule has 0 spiro atoms. The Morgan fingerprint density at radius 1 is 1.44 bits per heavy atom. The van der Waals surface area contributed by atoms with Gasteiger partial charge in [-0.15, -0.1) is 10.2 Å². The minimum atomic E-state index is 0.187. The number of carbonyl (C=O) groups excluding carboxylic acids is 1. The van der Waals surface area contributed by atoms with E-state index in [-0.39, 0.29) is 5.89 Å². The van der Waals surface area contributed by atoms with Crippen LogP contribution in [0.25, 0.3) is 22.5 Å². The molecule has 1 aromatic carbocycles. The third-order valence-corrected chi connectivity index (χ3v) is 2.92. The molecule has 7 heteroatoms. The van der Waals surface area contributed by atoms with E-state index in [1.807, 2.05) is 0 Å². The standard InChI is InChI=1S/C11H7ClN4O2/c12-6-1-2-7-8(4-17)10(11-15-14-5-18-11)16(13)9(7)3-6/h1-5H,13H2. The number of hydrogen-bond acceptors (Lipinski definition) is 5. The van der Waals surface area contributed by atoms with Crippen molar-refractivity contribution in [3.05, 3.63) is 35.2 Å². The van der Waals surface area contributed by atoms with Crippen molar-refractivity contribution in [2.75, 3.05) is 5.84 Å². The molecular formula is C11H7ClN4O2. The van der Waals surface area contributed by atoms with Crippen LogP contribution in [0.2, 0.25) is 5.02 Å². The van der Waals surface area contributed by atoms with Crippen LogP contribution in [-0.2, 0) is 0 Å². The smallest absolute Gasteiger partial charge is 0.266 e. The fraction of sp³-hybridized carbons (Fsp3) is 0. The van der Waals surface area contributed by atoms with E-state index < -0.39 is 0 Å². The maximum atomic E-state index is 11.2. The molecule has 3 rings (SSSR count). The molecule has 0 fully saturated rings. The lowest BCUT2D eigenvalue weighted by molar-refractivity contribution is 0.112. The molecule has 0 aliphatic heterocycles. The van der Waals surface area contributed by atoms with Crippen LogP contribution in [0, 0.1) is 0 Å². The van der Waals surface area contributed by atoms with Gasteiger partial charge in [0.25, 0.3) is 5.89 Å². The fourth-order valence-corrected chi connectivity index (χ4v) is 2.09. The summed E-state index contributed by atoms with van der Waals surface area (Å²) >= 11 is 5.91. The lowest BCUT2D eigenvalue weighted by Gasteiger charge is -1.99. The highest BCUT2D eigenvalue weighted by Crippen LogP contribution is 2.31. The van der Waals surface area contributed by atoms with Gasteiger partial charge in [0.1, 0.15) is 5.69 Å². The second-order valence-electron chi connectivity index (χ2n) is 3.66. The summed E-state index contributed by atoms with van der Waals surface area (Å²) in [7, 11) is 0. The Hall–Kier alpha value is -2.34. The van der Waals surface area contributed by atoms with E-state index in [1.54, 1.807) is 18.2 Å². The van der Waals surface area contributed by atoms with Gasteiger partial charge in [0.2, 0.25) is 6.39 Å². The Morgan fingerprint density at radius 2 is 2.28 bits per heavy atom. The van der Waals surface area contributed by atoms with Crippen molar-refractivity contribution in [2.45, 2.75) is 0 Å².